The first kappa shape index (κ1) is 38.1. The summed E-state index contributed by atoms with van der Waals surface area (Å²) in [5.74, 6) is -0.528. The Bertz CT molecular complexity index is 2520. The summed E-state index contributed by atoms with van der Waals surface area (Å²) in [7, 11) is 1.92. The molecule has 5 heterocycles. The van der Waals surface area contributed by atoms with Crippen LogP contribution in [0, 0.1) is 27.7 Å². The summed E-state index contributed by atoms with van der Waals surface area (Å²) in [4.78, 5) is 32.9. The molecule has 292 valence electrons. The number of aryl methyl sites for hydroxylation is 5. The molecule has 1 fully saturated rings. The number of fused-ring (bicyclic) bond motifs is 4. The van der Waals surface area contributed by atoms with Gasteiger partial charge in [-0.2, -0.15) is 5.10 Å². The van der Waals surface area contributed by atoms with Gasteiger partial charge in [-0.15, -0.1) is 0 Å². The first-order chi connectivity index (χ1) is 26.9. The minimum atomic E-state index is -1.05. The molecule has 6 aromatic rings. The number of rotatable bonds is 11. The molecule has 56 heavy (non-hydrogen) atoms. The predicted octanol–water partition coefficient (Wildman–Crippen LogP) is 9.39. The maximum Gasteiger partial charge on any atom is 0.354 e. The van der Waals surface area contributed by atoms with Crippen molar-refractivity contribution < 1.29 is 19.4 Å². The van der Waals surface area contributed by atoms with Crippen molar-refractivity contribution in [1.29, 1.82) is 0 Å². The fraction of sp³-hybridized carbons (Fsp3) is 0.386. The molecule has 10 nitrogen and oxygen atoms in total. The monoisotopic (exact) mass is 794 g/mol. The summed E-state index contributed by atoms with van der Waals surface area (Å²) in [6, 6.07) is 15.2. The van der Waals surface area contributed by atoms with Gasteiger partial charge in [0, 0.05) is 59.3 Å². The van der Waals surface area contributed by atoms with E-state index >= 15 is 4.79 Å². The Balaban J connectivity index is 1.27. The number of carbonyl (C=O) groups excluding carboxylic acids is 1. The quantitative estimate of drug-likeness (QED) is 0.131. The number of carboxylic acid groups (broad SMARTS) is 1. The van der Waals surface area contributed by atoms with Gasteiger partial charge in [0.1, 0.15) is 11.4 Å². The maximum atomic E-state index is 15.4. The van der Waals surface area contributed by atoms with E-state index in [-0.39, 0.29) is 17.6 Å². The number of halogens is 2. The number of anilines is 1. The summed E-state index contributed by atoms with van der Waals surface area (Å²) in [5, 5.41) is 18.7. The fourth-order valence-corrected chi connectivity index (χ4v) is 9.54. The zero-order valence-corrected chi connectivity index (χ0v) is 34.4. The normalized spacial score (nSPS) is 16.1. The average Bonchev–Trinajstić information content (AvgIpc) is 3.92. The van der Waals surface area contributed by atoms with Crippen molar-refractivity contribution in [1.82, 2.24) is 23.8 Å². The lowest BCUT2D eigenvalue weighted by Crippen LogP contribution is -2.47. The zero-order valence-electron chi connectivity index (χ0n) is 32.9. The third-order valence-corrected chi connectivity index (χ3v) is 12.7. The Morgan fingerprint density at radius 1 is 0.964 bits per heavy atom. The molecular weight excluding hydrogens is 747 g/mol. The van der Waals surface area contributed by atoms with Gasteiger partial charge < -0.3 is 23.9 Å². The summed E-state index contributed by atoms with van der Waals surface area (Å²) in [6.07, 6.45) is 3.49. The second-order valence-electron chi connectivity index (χ2n) is 15.5. The summed E-state index contributed by atoms with van der Waals surface area (Å²) in [5.41, 5.74) is 9.26. The average molecular weight is 796 g/mol. The Morgan fingerprint density at radius 2 is 1.68 bits per heavy atom. The van der Waals surface area contributed by atoms with Crippen molar-refractivity contribution in [2.45, 2.75) is 79.4 Å². The maximum absolute atomic E-state index is 15.4. The number of likely N-dealkylation sites (tertiary alicyclic amines) is 1. The highest BCUT2D eigenvalue weighted by Crippen LogP contribution is 2.45. The number of ether oxygens (including phenoxy) is 1. The van der Waals surface area contributed by atoms with Gasteiger partial charge in [0.2, 0.25) is 0 Å². The molecule has 2 aliphatic heterocycles. The minimum absolute atomic E-state index is 0.143. The Labute approximate surface area is 337 Å². The van der Waals surface area contributed by atoms with E-state index in [0.29, 0.717) is 48.9 Å². The van der Waals surface area contributed by atoms with Crippen LogP contribution in [-0.4, -0.2) is 73.1 Å². The molecule has 0 radical (unpaired) electrons. The van der Waals surface area contributed by atoms with Crippen molar-refractivity contribution in [3.63, 3.8) is 0 Å². The molecule has 0 aliphatic carbocycles. The van der Waals surface area contributed by atoms with Crippen LogP contribution in [0.15, 0.2) is 48.5 Å². The van der Waals surface area contributed by atoms with E-state index in [1.807, 2.05) is 99.4 Å². The van der Waals surface area contributed by atoms with E-state index in [4.69, 9.17) is 33.0 Å². The van der Waals surface area contributed by atoms with Crippen LogP contribution in [0.3, 0.4) is 0 Å². The molecule has 1 saturated heterocycles. The summed E-state index contributed by atoms with van der Waals surface area (Å²) < 4.78 is 12.1. The molecular formula is C44H48Cl2N6O4. The van der Waals surface area contributed by atoms with Crippen molar-refractivity contribution in [2.24, 2.45) is 7.05 Å². The van der Waals surface area contributed by atoms with Gasteiger partial charge in [0.15, 0.2) is 5.69 Å². The number of amides is 1. The highest BCUT2D eigenvalue weighted by molar-refractivity contribution is 6.35. The van der Waals surface area contributed by atoms with Crippen LogP contribution in [0.1, 0.15) is 75.2 Å². The number of para-hydroxylation sites is 1. The molecule has 1 atom stereocenters. The number of nitrogens with zero attached hydrogens (tertiary/aromatic N) is 6. The van der Waals surface area contributed by atoms with Crippen LogP contribution in [0.4, 0.5) is 5.69 Å². The molecule has 2 aliphatic rings. The molecule has 0 spiro atoms. The number of aromatic carboxylic acids is 1. The molecule has 12 heteroatoms. The molecule has 1 amide bonds. The van der Waals surface area contributed by atoms with Crippen LogP contribution in [-0.2, 0) is 26.6 Å². The summed E-state index contributed by atoms with van der Waals surface area (Å²) >= 11 is 13.6. The SMILES string of the molecule is Cc1cc(OCCCc2c3n(c4c(-c5c(C)nn(C)c5C)c(Cl)ccc24)C[C@@H](C)N(c2c(C(=O)O)n(CCN4CCCC4)c4ccccc24)C3=O)cc(C)c1Cl. The van der Waals surface area contributed by atoms with Crippen LogP contribution in [0.5, 0.6) is 5.75 Å². The van der Waals surface area contributed by atoms with Gasteiger partial charge in [-0.25, -0.2) is 4.79 Å². The largest absolute Gasteiger partial charge is 0.494 e. The van der Waals surface area contributed by atoms with Crippen LogP contribution >= 0.6 is 23.2 Å². The topological polar surface area (TPSA) is 97.8 Å². The highest BCUT2D eigenvalue weighted by atomic mass is 35.5. The van der Waals surface area contributed by atoms with Crippen LogP contribution in [0.2, 0.25) is 10.0 Å². The van der Waals surface area contributed by atoms with Gasteiger partial charge in [0.05, 0.1) is 40.1 Å². The van der Waals surface area contributed by atoms with E-state index in [0.717, 1.165) is 104 Å². The van der Waals surface area contributed by atoms with E-state index in [2.05, 4.69) is 9.47 Å². The van der Waals surface area contributed by atoms with Crippen molar-refractivity contribution in [3.8, 4) is 16.9 Å². The molecule has 0 unspecified atom stereocenters. The van der Waals surface area contributed by atoms with Gasteiger partial charge >= 0.3 is 5.97 Å². The van der Waals surface area contributed by atoms with Crippen molar-refractivity contribution in [2.75, 3.05) is 31.1 Å². The molecule has 0 saturated carbocycles. The van der Waals surface area contributed by atoms with Crippen molar-refractivity contribution >= 4 is 62.6 Å². The second-order valence-corrected chi connectivity index (χ2v) is 16.3. The van der Waals surface area contributed by atoms with Gasteiger partial charge in [-0.1, -0.05) is 47.5 Å². The molecule has 3 aromatic carbocycles. The lowest BCUT2D eigenvalue weighted by molar-refractivity contribution is 0.0685. The van der Waals surface area contributed by atoms with Gasteiger partial charge in [-0.05, 0) is 114 Å². The minimum Gasteiger partial charge on any atom is -0.494 e. The number of hydrogen-bond acceptors (Lipinski definition) is 5. The molecule has 1 N–H and O–H groups in total. The Kier molecular flexibility index (Phi) is 10.2. The number of carboxylic acids is 1. The van der Waals surface area contributed by atoms with E-state index in [9.17, 15) is 9.90 Å². The highest BCUT2D eigenvalue weighted by Gasteiger charge is 2.40. The number of benzene rings is 3. The van der Waals surface area contributed by atoms with Crippen LogP contribution in [0.25, 0.3) is 32.9 Å². The Hall–Kier alpha value is -4.77. The standard InChI is InChI=1S/C44H48Cl2N6O4/c1-25-22-30(23-26(2)38(25)46)56-21-11-13-31-32-15-16-34(45)37(36-28(4)47-48(6)29(36)5)39(32)51-24-27(3)52(43(53)41(31)51)40-33-12-7-8-14-35(33)50(42(40)44(54)55)20-19-49-17-9-10-18-49/h7-8,12,14-16,22-23,27H,9-11,13,17-21,24H2,1-6H3,(H,54,55)/t27-/m1/s1. The first-order valence-corrected chi connectivity index (χ1v) is 20.3. The molecule has 0 bridgehead atoms. The molecule has 3 aromatic heterocycles. The van der Waals surface area contributed by atoms with Crippen molar-refractivity contribution in [3.05, 3.63) is 98.0 Å². The van der Waals surface area contributed by atoms with E-state index in [1.54, 1.807) is 4.90 Å². The Morgan fingerprint density at radius 3 is 2.36 bits per heavy atom. The summed E-state index contributed by atoms with van der Waals surface area (Å²) in [6.45, 7) is 14.1. The first-order valence-electron chi connectivity index (χ1n) is 19.5. The predicted molar refractivity (Wildman–Crippen MR) is 224 cm³/mol. The third-order valence-electron chi connectivity index (χ3n) is 11.8. The second kappa shape index (κ2) is 15.0. The van der Waals surface area contributed by atoms with Gasteiger partial charge in [0.25, 0.3) is 5.91 Å². The fourth-order valence-electron chi connectivity index (χ4n) is 9.18. The number of carbonyl (C=O) groups is 2. The van der Waals surface area contributed by atoms with E-state index in [1.165, 1.54) is 0 Å². The number of aromatic nitrogens is 4. The smallest absolute Gasteiger partial charge is 0.354 e. The van der Waals surface area contributed by atoms with Gasteiger partial charge in [-0.3, -0.25) is 14.4 Å². The zero-order chi connectivity index (χ0) is 39.6. The molecule has 8 rings (SSSR count). The number of hydrogen-bond donors (Lipinski definition) is 1. The lowest BCUT2D eigenvalue weighted by Gasteiger charge is -2.35. The lowest BCUT2D eigenvalue weighted by atomic mass is 9.98. The third kappa shape index (κ3) is 6.36. The van der Waals surface area contributed by atoms with Crippen LogP contribution < -0.4 is 9.64 Å². The van der Waals surface area contributed by atoms with E-state index < -0.39 is 5.97 Å².